The number of amides is 1. The zero-order valence-electron chi connectivity index (χ0n) is 8.53. The first-order chi connectivity index (χ1) is 6.54. The van der Waals surface area contributed by atoms with Gasteiger partial charge in [-0.2, -0.15) is 5.10 Å². The summed E-state index contributed by atoms with van der Waals surface area (Å²) < 4.78 is 1.72. The second-order valence-electron chi connectivity index (χ2n) is 3.45. The molecule has 1 atom stereocenters. The fourth-order valence-electron chi connectivity index (χ4n) is 1.41. The minimum absolute atomic E-state index is 0.281. The lowest BCUT2D eigenvalue weighted by molar-refractivity contribution is -0.121. The van der Waals surface area contributed by atoms with Crippen LogP contribution in [0.25, 0.3) is 0 Å². The van der Waals surface area contributed by atoms with Crippen LogP contribution in [-0.4, -0.2) is 22.2 Å². The summed E-state index contributed by atoms with van der Waals surface area (Å²) in [6.45, 7) is 2.19. The van der Waals surface area contributed by atoms with E-state index < -0.39 is 0 Å². The Morgan fingerprint density at radius 1 is 1.71 bits per heavy atom. The van der Waals surface area contributed by atoms with E-state index in [2.05, 4.69) is 5.10 Å². The maximum atomic E-state index is 11.0. The summed E-state index contributed by atoms with van der Waals surface area (Å²) in [5, 5.41) is 4.18. The van der Waals surface area contributed by atoms with E-state index in [4.69, 9.17) is 11.5 Å². The SMILES string of the molecule is Cc1nn(C)cc1CC(CN)C(N)=O. The molecule has 1 aromatic rings. The minimum Gasteiger partial charge on any atom is -0.369 e. The lowest BCUT2D eigenvalue weighted by atomic mass is 10.00. The quantitative estimate of drug-likeness (QED) is 0.669. The Kier molecular flexibility index (Phi) is 3.24. The summed E-state index contributed by atoms with van der Waals surface area (Å²) in [4.78, 5) is 11.0. The van der Waals surface area contributed by atoms with Crippen molar-refractivity contribution in [1.29, 1.82) is 0 Å². The summed E-state index contributed by atoms with van der Waals surface area (Å²) in [6, 6.07) is 0. The molecule has 1 unspecified atom stereocenters. The Hall–Kier alpha value is -1.36. The number of aryl methyl sites for hydroxylation is 2. The molecule has 0 aliphatic rings. The Labute approximate surface area is 83.1 Å². The van der Waals surface area contributed by atoms with Gasteiger partial charge in [0.1, 0.15) is 0 Å². The van der Waals surface area contributed by atoms with Crippen LogP contribution in [0.1, 0.15) is 11.3 Å². The zero-order valence-corrected chi connectivity index (χ0v) is 8.53. The van der Waals surface area contributed by atoms with E-state index in [9.17, 15) is 4.79 Å². The van der Waals surface area contributed by atoms with E-state index in [0.29, 0.717) is 6.42 Å². The highest BCUT2D eigenvalue weighted by Gasteiger charge is 2.16. The summed E-state index contributed by atoms with van der Waals surface area (Å²) in [5.41, 5.74) is 12.6. The summed E-state index contributed by atoms with van der Waals surface area (Å²) in [5.74, 6) is -0.645. The molecule has 5 nitrogen and oxygen atoms in total. The van der Waals surface area contributed by atoms with E-state index in [0.717, 1.165) is 11.3 Å². The first kappa shape index (κ1) is 10.7. The maximum Gasteiger partial charge on any atom is 0.222 e. The second kappa shape index (κ2) is 4.23. The van der Waals surface area contributed by atoms with E-state index >= 15 is 0 Å². The van der Waals surface area contributed by atoms with E-state index in [1.54, 1.807) is 4.68 Å². The molecule has 1 amide bonds. The maximum absolute atomic E-state index is 11.0. The molecule has 0 aliphatic carbocycles. The van der Waals surface area contributed by atoms with E-state index in [1.165, 1.54) is 0 Å². The van der Waals surface area contributed by atoms with Crippen molar-refractivity contribution in [2.75, 3.05) is 6.54 Å². The molecule has 0 saturated heterocycles. The molecular weight excluding hydrogens is 180 g/mol. The van der Waals surface area contributed by atoms with Gasteiger partial charge in [0, 0.05) is 19.8 Å². The van der Waals surface area contributed by atoms with E-state index in [-0.39, 0.29) is 18.4 Å². The van der Waals surface area contributed by atoms with Crippen LogP contribution in [-0.2, 0) is 18.3 Å². The smallest absolute Gasteiger partial charge is 0.222 e. The largest absolute Gasteiger partial charge is 0.369 e. The van der Waals surface area contributed by atoms with Crippen LogP contribution in [0.15, 0.2) is 6.20 Å². The van der Waals surface area contributed by atoms with Crippen molar-refractivity contribution >= 4 is 5.91 Å². The van der Waals surface area contributed by atoms with Crippen molar-refractivity contribution in [3.05, 3.63) is 17.5 Å². The lowest BCUT2D eigenvalue weighted by Crippen LogP contribution is -2.31. The number of carbonyl (C=O) groups is 1. The molecule has 0 spiro atoms. The van der Waals surface area contributed by atoms with Crippen molar-refractivity contribution in [1.82, 2.24) is 9.78 Å². The highest BCUT2D eigenvalue weighted by Crippen LogP contribution is 2.10. The Bertz CT molecular complexity index is 332. The van der Waals surface area contributed by atoms with Gasteiger partial charge in [-0.15, -0.1) is 0 Å². The van der Waals surface area contributed by atoms with Gasteiger partial charge in [0.05, 0.1) is 11.6 Å². The summed E-state index contributed by atoms with van der Waals surface area (Å²) in [6.07, 6.45) is 2.46. The number of nitrogens with two attached hydrogens (primary N) is 2. The molecule has 14 heavy (non-hydrogen) atoms. The molecule has 0 bridgehead atoms. The van der Waals surface area contributed by atoms with Gasteiger partial charge in [0.15, 0.2) is 0 Å². The van der Waals surface area contributed by atoms with Gasteiger partial charge in [-0.05, 0) is 18.9 Å². The zero-order chi connectivity index (χ0) is 10.7. The number of primary amides is 1. The van der Waals surface area contributed by atoms with Gasteiger partial charge < -0.3 is 11.5 Å². The van der Waals surface area contributed by atoms with Crippen LogP contribution in [0.5, 0.6) is 0 Å². The van der Waals surface area contributed by atoms with Crippen LogP contribution in [0.3, 0.4) is 0 Å². The number of aromatic nitrogens is 2. The van der Waals surface area contributed by atoms with Crippen LogP contribution < -0.4 is 11.5 Å². The first-order valence-electron chi connectivity index (χ1n) is 4.53. The number of rotatable bonds is 4. The number of hydrogen-bond donors (Lipinski definition) is 2. The highest BCUT2D eigenvalue weighted by atomic mass is 16.1. The molecular formula is C9H16N4O. The second-order valence-corrected chi connectivity index (χ2v) is 3.45. The molecule has 5 heteroatoms. The van der Waals surface area contributed by atoms with Crippen molar-refractivity contribution in [2.45, 2.75) is 13.3 Å². The third kappa shape index (κ3) is 2.32. The van der Waals surface area contributed by atoms with Crippen molar-refractivity contribution in [2.24, 2.45) is 24.4 Å². The Morgan fingerprint density at radius 2 is 2.36 bits per heavy atom. The molecule has 0 aromatic carbocycles. The predicted octanol–water partition coefficient (Wildman–Crippen LogP) is -0.669. The van der Waals surface area contributed by atoms with Crippen LogP contribution in [0.2, 0.25) is 0 Å². The topological polar surface area (TPSA) is 86.9 Å². The molecule has 1 rings (SSSR count). The molecule has 1 heterocycles. The molecule has 1 aromatic heterocycles. The molecule has 0 aliphatic heterocycles. The third-order valence-corrected chi connectivity index (χ3v) is 2.27. The van der Waals surface area contributed by atoms with Gasteiger partial charge in [-0.25, -0.2) is 0 Å². The summed E-state index contributed by atoms with van der Waals surface area (Å²) in [7, 11) is 1.85. The van der Waals surface area contributed by atoms with Gasteiger partial charge in [0.2, 0.25) is 5.91 Å². The monoisotopic (exact) mass is 196 g/mol. The molecule has 0 fully saturated rings. The molecule has 0 radical (unpaired) electrons. The number of carbonyl (C=O) groups excluding carboxylic acids is 1. The average molecular weight is 196 g/mol. The normalized spacial score (nSPS) is 12.8. The van der Waals surface area contributed by atoms with Crippen molar-refractivity contribution in [3.8, 4) is 0 Å². The highest BCUT2D eigenvalue weighted by molar-refractivity contribution is 5.77. The number of hydrogen-bond acceptors (Lipinski definition) is 3. The van der Waals surface area contributed by atoms with Gasteiger partial charge in [-0.3, -0.25) is 9.48 Å². The minimum atomic E-state index is -0.351. The Morgan fingerprint density at radius 3 is 2.71 bits per heavy atom. The van der Waals surface area contributed by atoms with Crippen molar-refractivity contribution in [3.63, 3.8) is 0 Å². The van der Waals surface area contributed by atoms with Crippen LogP contribution in [0.4, 0.5) is 0 Å². The van der Waals surface area contributed by atoms with Gasteiger partial charge in [0.25, 0.3) is 0 Å². The van der Waals surface area contributed by atoms with Crippen LogP contribution >= 0.6 is 0 Å². The van der Waals surface area contributed by atoms with E-state index in [1.807, 2.05) is 20.2 Å². The van der Waals surface area contributed by atoms with Crippen LogP contribution in [0, 0.1) is 12.8 Å². The van der Waals surface area contributed by atoms with Gasteiger partial charge >= 0.3 is 0 Å². The molecule has 0 saturated carbocycles. The molecule has 78 valence electrons. The standard InChI is InChI=1S/C9H16N4O/c1-6-8(5-13(2)12-6)3-7(4-10)9(11)14/h5,7H,3-4,10H2,1-2H3,(H2,11,14). The molecule has 4 N–H and O–H groups in total. The Balaban J connectivity index is 2.76. The third-order valence-electron chi connectivity index (χ3n) is 2.27. The number of nitrogens with zero attached hydrogens (tertiary/aromatic N) is 2. The predicted molar refractivity (Wildman–Crippen MR) is 53.4 cm³/mol. The summed E-state index contributed by atoms with van der Waals surface area (Å²) >= 11 is 0. The fraction of sp³-hybridized carbons (Fsp3) is 0.556. The average Bonchev–Trinajstić information content (AvgIpc) is 2.40. The first-order valence-corrected chi connectivity index (χ1v) is 4.53. The lowest BCUT2D eigenvalue weighted by Gasteiger charge is -2.08. The van der Waals surface area contributed by atoms with Crippen molar-refractivity contribution < 1.29 is 4.79 Å². The fourth-order valence-corrected chi connectivity index (χ4v) is 1.41. The van der Waals surface area contributed by atoms with Gasteiger partial charge in [-0.1, -0.05) is 0 Å².